The molecule has 3 rings (SSSR count). The first kappa shape index (κ1) is 20.3. The van der Waals surface area contributed by atoms with Crippen LogP contribution in [0.5, 0.6) is 23.0 Å². The molecule has 29 heavy (non-hydrogen) atoms. The molecule has 0 saturated heterocycles. The maximum absolute atomic E-state index is 12.7. The summed E-state index contributed by atoms with van der Waals surface area (Å²) in [6, 6.07) is 10.1. The number of carbonyl (C=O) groups excluding carboxylic acids is 1. The second-order valence-corrected chi connectivity index (χ2v) is 6.28. The average molecular weight is 418 g/mol. The van der Waals surface area contributed by atoms with Gasteiger partial charge in [-0.3, -0.25) is 9.89 Å². The molecular weight excluding hydrogens is 398 g/mol. The summed E-state index contributed by atoms with van der Waals surface area (Å²) in [6.45, 7) is 0. The van der Waals surface area contributed by atoms with Gasteiger partial charge in [0, 0.05) is 17.7 Å². The van der Waals surface area contributed by atoms with Crippen molar-refractivity contribution in [3.05, 3.63) is 47.1 Å². The Labute approximate surface area is 172 Å². The van der Waals surface area contributed by atoms with Gasteiger partial charge in [0.2, 0.25) is 0 Å². The van der Waals surface area contributed by atoms with Crippen molar-refractivity contribution in [2.45, 2.75) is 0 Å². The second kappa shape index (κ2) is 8.74. The highest BCUT2D eigenvalue weighted by Crippen LogP contribution is 2.36. The molecule has 0 aliphatic carbocycles. The summed E-state index contributed by atoms with van der Waals surface area (Å²) >= 11 is 6.15. The minimum absolute atomic E-state index is 0.256. The third kappa shape index (κ3) is 4.22. The van der Waals surface area contributed by atoms with E-state index >= 15 is 0 Å². The molecule has 0 aliphatic rings. The molecule has 0 atom stereocenters. The first-order valence-corrected chi connectivity index (χ1v) is 8.89. The number of ether oxygens (including phenoxy) is 4. The molecule has 8 nitrogen and oxygen atoms in total. The van der Waals surface area contributed by atoms with E-state index in [1.54, 1.807) is 44.6 Å². The highest BCUT2D eigenvalue weighted by molar-refractivity contribution is 6.32. The Balaban J connectivity index is 1.86. The molecule has 1 aromatic heterocycles. The summed E-state index contributed by atoms with van der Waals surface area (Å²) in [7, 11) is 6.12. The molecule has 0 fully saturated rings. The Kier molecular flexibility index (Phi) is 6.13. The van der Waals surface area contributed by atoms with Crippen molar-refractivity contribution < 1.29 is 23.7 Å². The Hall–Kier alpha value is -3.39. The summed E-state index contributed by atoms with van der Waals surface area (Å²) in [5, 5.41) is 10.0. The van der Waals surface area contributed by atoms with E-state index < -0.39 is 5.91 Å². The van der Waals surface area contributed by atoms with E-state index in [-0.39, 0.29) is 5.69 Å². The molecule has 0 aliphatic heterocycles. The van der Waals surface area contributed by atoms with Crippen molar-refractivity contribution >= 4 is 23.2 Å². The number of aromatic nitrogens is 2. The van der Waals surface area contributed by atoms with Crippen LogP contribution >= 0.6 is 11.6 Å². The number of methoxy groups -OCH3 is 4. The summed E-state index contributed by atoms with van der Waals surface area (Å²) in [5.74, 6) is 1.68. The highest BCUT2D eigenvalue weighted by Gasteiger charge is 2.17. The van der Waals surface area contributed by atoms with Crippen molar-refractivity contribution in [2.24, 2.45) is 0 Å². The molecule has 0 unspecified atom stereocenters. The van der Waals surface area contributed by atoms with Gasteiger partial charge in [0.05, 0.1) is 44.8 Å². The van der Waals surface area contributed by atoms with E-state index in [4.69, 9.17) is 30.5 Å². The van der Waals surface area contributed by atoms with E-state index in [0.717, 1.165) is 0 Å². The summed E-state index contributed by atoms with van der Waals surface area (Å²) in [6.07, 6.45) is 0. The maximum atomic E-state index is 12.7. The number of carbonyl (C=O) groups is 1. The van der Waals surface area contributed by atoms with Crippen LogP contribution in [0.3, 0.4) is 0 Å². The highest BCUT2D eigenvalue weighted by atomic mass is 35.5. The molecule has 3 aromatic rings. The van der Waals surface area contributed by atoms with E-state index in [9.17, 15) is 4.79 Å². The number of aromatic amines is 1. The summed E-state index contributed by atoms with van der Waals surface area (Å²) < 4.78 is 21.1. The lowest BCUT2D eigenvalue weighted by atomic mass is 10.1. The zero-order valence-electron chi connectivity index (χ0n) is 16.3. The third-order valence-corrected chi connectivity index (χ3v) is 4.52. The monoisotopic (exact) mass is 417 g/mol. The third-order valence-electron chi connectivity index (χ3n) is 4.23. The number of hydrogen-bond acceptors (Lipinski definition) is 6. The van der Waals surface area contributed by atoms with Gasteiger partial charge in [0.25, 0.3) is 5.91 Å². The summed E-state index contributed by atoms with van der Waals surface area (Å²) in [4.78, 5) is 12.7. The number of benzene rings is 2. The number of nitrogens with one attached hydrogen (secondary N) is 2. The van der Waals surface area contributed by atoms with Crippen molar-refractivity contribution in [1.82, 2.24) is 10.2 Å². The predicted octanol–water partition coefficient (Wildman–Crippen LogP) is 4.02. The van der Waals surface area contributed by atoms with Crippen LogP contribution in [0.15, 0.2) is 36.4 Å². The minimum atomic E-state index is -0.407. The van der Waals surface area contributed by atoms with Gasteiger partial charge in [0.1, 0.15) is 28.7 Å². The number of amides is 1. The van der Waals surface area contributed by atoms with Crippen molar-refractivity contribution in [2.75, 3.05) is 33.8 Å². The van der Waals surface area contributed by atoms with E-state index in [1.807, 2.05) is 6.07 Å². The molecular formula is C20H20ClN3O5. The Bertz CT molecular complexity index is 1030. The van der Waals surface area contributed by atoms with Gasteiger partial charge in [-0.05, 0) is 24.3 Å². The van der Waals surface area contributed by atoms with Crippen LogP contribution in [-0.2, 0) is 0 Å². The lowest BCUT2D eigenvalue weighted by molar-refractivity contribution is 0.102. The van der Waals surface area contributed by atoms with Crippen LogP contribution in [0.25, 0.3) is 11.3 Å². The SMILES string of the molecule is COc1ccc(-c2cc(C(=O)Nc3cc(Cl)c(OC)cc3OC)[nH]n2)c(OC)c1. The molecule has 2 N–H and O–H groups in total. The summed E-state index contributed by atoms with van der Waals surface area (Å²) in [5.41, 5.74) is 1.93. The molecule has 0 bridgehead atoms. The number of H-pyrrole nitrogens is 1. The minimum Gasteiger partial charge on any atom is -0.497 e. The number of nitrogens with zero attached hydrogens (tertiary/aromatic N) is 1. The van der Waals surface area contributed by atoms with Crippen LogP contribution in [0, 0.1) is 0 Å². The standard InChI is InChI=1S/C20H20ClN3O5/c1-26-11-5-6-12(17(7-11)27-2)14-9-16(24-23-14)20(25)22-15-8-13(21)18(28-3)10-19(15)29-4/h5-10H,1-4H3,(H,22,25)(H,23,24). The van der Waals surface area contributed by atoms with Crippen molar-refractivity contribution in [1.29, 1.82) is 0 Å². The lowest BCUT2D eigenvalue weighted by Gasteiger charge is -2.12. The largest absolute Gasteiger partial charge is 0.497 e. The normalized spacial score (nSPS) is 10.4. The topological polar surface area (TPSA) is 94.7 Å². The van der Waals surface area contributed by atoms with E-state index in [1.165, 1.54) is 14.2 Å². The fraction of sp³-hybridized carbons (Fsp3) is 0.200. The molecule has 0 saturated carbocycles. The van der Waals surface area contributed by atoms with Gasteiger partial charge in [-0.25, -0.2) is 0 Å². The van der Waals surface area contributed by atoms with Gasteiger partial charge in [-0.15, -0.1) is 0 Å². The number of hydrogen-bond donors (Lipinski definition) is 2. The Morgan fingerprint density at radius 3 is 2.31 bits per heavy atom. The average Bonchev–Trinajstić information content (AvgIpc) is 3.23. The Morgan fingerprint density at radius 2 is 1.66 bits per heavy atom. The van der Waals surface area contributed by atoms with E-state index in [0.29, 0.717) is 45.0 Å². The number of anilines is 1. The molecule has 152 valence electrons. The van der Waals surface area contributed by atoms with Crippen LogP contribution in [0.1, 0.15) is 10.5 Å². The smallest absolute Gasteiger partial charge is 0.273 e. The zero-order valence-corrected chi connectivity index (χ0v) is 17.1. The molecule has 1 heterocycles. The second-order valence-electron chi connectivity index (χ2n) is 5.87. The molecule has 1 amide bonds. The maximum Gasteiger partial charge on any atom is 0.273 e. The molecule has 9 heteroatoms. The molecule has 0 radical (unpaired) electrons. The molecule has 0 spiro atoms. The Morgan fingerprint density at radius 1 is 0.931 bits per heavy atom. The quantitative estimate of drug-likeness (QED) is 0.603. The predicted molar refractivity (Wildman–Crippen MR) is 110 cm³/mol. The van der Waals surface area contributed by atoms with Crippen molar-refractivity contribution in [3.63, 3.8) is 0 Å². The van der Waals surface area contributed by atoms with Gasteiger partial charge in [0.15, 0.2) is 0 Å². The first-order valence-electron chi connectivity index (χ1n) is 8.51. The fourth-order valence-electron chi connectivity index (χ4n) is 2.73. The number of rotatable bonds is 7. The van der Waals surface area contributed by atoms with Crippen LogP contribution in [0.4, 0.5) is 5.69 Å². The molecule has 2 aromatic carbocycles. The van der Waals surface area contributed by atoms with Gasteiger partial charge >= 0.3 is 0 Å². The zero-order chi connectivity index (χ0) is 21.0. The fourth-order valence-corrected chi connectivity index (χ4v) is 2.97. The number of halogens is 1. The first-order chi connectivity index (χ1) is 14.0. The van der Waals surface area contributed by atoms with Crippen LogP contribution in [-0.4, -0.2) is 44.5 Å². The van der Waals surface area contributed by atoms with Crippen LogP contribution in [0.2, 0.25) is 5.02 Å². The van der Waals surface area contributed by atoms with Crippen LogP contribution < -0.4 is 24.3 Å². The van der Waals surface area contributed by atoms with E-state index in [2.05, 4.69) is 15.5 Å². The lowest BCUT2D eigenvalue weighted by Crippen LogP contribution is -2.13. The van der Waals surface area contributed by atoms with Gasteiger partial charge < -0.3 is 24.3 Å². The van der Waals surface area contributed by atoms with Crippen molar-refractivity contribution in [3.8, 4) is 34.3 Å². The van der Waals surface area contributed by atoms with Gasteiger partial charge in [-0.2, -0.15) is 5.10 Å². The van der Waals surface area contributed by atoms with Gasteiger partial charge in [-0.1, -0.05) is 11.6 Å².